The predicted molar refractivity (Wildman–Crippen MR) is 152 cm³/mol. The summed E-state index contributed by atoms with van der Waals surface area (Å²) in [6.07, 6.45) is 0. The molecule has 0 heterocycles. The lowest BCUT2D eigenvalue weighted by Crippen LogP contribution is -2.55. The molecule has 6 rings (SSSR count). The number of benzene rings is 6. The van der Waals surface area contributed by atoms with Crippen LogP contribution in [-0.4, -0.2) is 6.71 Å². The minimum atomic E-state index is -2.83. The van der Waals surface area contributed by atoms with Crippen molar-refractivity contribution >= 4 is 33.9 Å². The van der Waals surface area contributed by atoms with E-state index in [4.69, 9.17) is 0 Å². The average molecular weight is 714 g/mol. The van der Waals surface area contributed by atoms with Gasteiger partial charge in [-0.15, -0.1) is 0 Å². The minimum Gasteiger partial charge on any atom is -0.207 e. The van der Waals surface area contributed by atoms with Crippen LogP contribution >= 0.6 is 0 Å². The van der Waals surface area contributed by atoms with Gasteiger partial charge in [0.05, 0.1) is 10.9 Å². The lowest BCUT2D eigenvalue weighted by molar-refractivity contribution is 0.379. The van der Waals surface area contributed by atoms with Crippen LogP contribution in [0.2, 0.25) is 0 Å². The molecular formula is C34H10BF15. The Hall–Kier alpha value is -5.41. The van der Waals surface area contributed by atoms with Gasteiger partial charge in [0, 0.05) is 23.3 Å². The van der Waals surface area contributed by atoms with E-state index in [2.05, 4.69) is 0 Å². The molecule has 6 aromatic rings. The van der Waals surface area contributed by atoms with E-state index in [1.54, 1.807) is 0 Å². The van der Waals surface area contributed by atoms with Crippen LogP contribution in [0.25, 0.3) is 33.0 Å². The summed E-state index contributed by atoms with van der Waals surface area (Å²) in [6.45, 7) is -2.60. The van der Waals surface area contributed by atoms with Crippen LogP contribution < -0.4 is 16.4 Å². The summed E-state index contributed by atoms with van der Waals surface area (Å²) in [5.41, 5.74) is -9.67. The first-order chi connectivity index (χ1) is 23.6. The first-order valence-corrected chi connectivity index (χ1v) is 13.7. The van der Waals surface area contributed by atoms with Crippen molar-refractivity contribution in [2.45, 2.75) is 0 Å². The molecule has 0 aliphatic heterocycles. The molecule has 0 spiro atoms. The second-order valence-corrected chi connectivity index (χ2v) is 10.7. The van der Waals surface area contributed by atoms with Gasteiger partial charge >= 0.3 is 0 Å². The molecule has 0 aliphatic rings. The van der Waals surface area contributed by atoms with Crippen LogP contribution in [-0.2, 0) is 0 Å². The predicted octanol–water partition coefficient (Wildman–Crippen LogP) is 8.78. The average Bonchev–Trinajstić information content (AvgIpc) is 3.07. The molecule has 50 heavy (non-hydrogen) atoms. The molecule has 0 atom stereocenters. The quantitative estimate of drug-likeness (QED) is 0.0726. The Morgan fingerprint density at radius 2 is 0.880 bits per heavy atom. The van der Waals surface area contributed by atoms with E-state index < -0.39 is 143 Å². The van der Waals surface area contributed by atoms with E-state index in [0.717, 1.165) is 24.3 Å². The highest BCUT2D eigenvalue weighted by Crippen LogP contribution is 2.36. The highest BCUT2D eigenvalue weighted by Gasteiger charge is 2.40. The van der Waals surface area contributed by atoms with Gasteiger partial charge in [0.15, 0.2) is 58.2 Å². The fourth-order valence-electron chi connectivity index (χ4n) is 5.84. The smallest absolute Gasteiger partial charge is 0.207 e. The van der Waals surface area contributed by atoms with Crippen molar-refractivity contribution in [3.05, 3.63) is 148 Å². The van der Waals surface area contributed by atoms with Crippen molar-refractivity contribution in [1.82, 2.24) is 0 Å². The van der Waals surface area contributed by atoms with Crippen molar-refractivity contribution in [3.63, 3.8) is 0 Å². The van der Waals surface area contributed by atoms with E-state index in [9.17, 15) is 35.1 Å². The fraction of sp³-hybridized carbons (Fsp3) is 0. The summed E-state index contributed by atoms with van der Waals surface area (Å²) in [5.74, 6) is -34.5. The monoisotopic (exact) mass is 714 g/mol. The highest BCUT2D eigenvalue weighted by molar-refractivity contribution is 6.98. The zero-order valence-electron chi connectivity index (χ0n) is 24.0. The van der Waals surface area contributed by atoms with Gasteiger partial charge in [-0.25, -0.2) is 65.9 Å². The summed E-state index contributed by atoms with van der Waals surface area (Å²) in [4.78, 5) is 0. The Morgan fingerprint density at radius 1 is 0.360 bits per heavy atom. The van der Waals surface area contributed by atoms with E-state index in [1.165, 1.54) is 0 Å². The van der Waals surface area contributed by atoms with Crippen LogP contribution in [0.4, 0.5) is 65.9 Å². The molecule has 0 aliphatic carbocycles. The Bertz CT molecular complexity index is 2380. The number of hydrogen-bond donors (Lipinski definition) is 0. The van der Waals surface area contributed by atoms with Crippen molar-refractivity contribution < 1.29 is 65.9 Å². The number of halogens is 15. The Balaban J connectivity index is 1.89. The van der Waals surface area contributed by atoms with Gasteiger partial charge < -0.3 is 0 Å². The molecule has 0 saturated heterocycles. The van der Waals surface area contributed by atoms with Crippen LogP contribution in [0.1, 0.15) is 0 Å². The van der Waals surface area contributed by atoms with Crippen molar-refractivity contribution in [2.75, 3.05) is 0 Å². The largest absolute Gasteiger partial charge is 0.247 e. The molecule has 0 fully saturated rings. The molecule has 16 heteroatoms. The summed E-state index contributed by atoms with van der Waals surface area (Å²) in [7, 11) is 0. The van der Waals surface area contributed by atoms with Crippen molar-refractivity contribution in [1.29, 1.82) is 0 Å². The normalized spacial score (nSPS) is 11.5. The Morgan fingerprint density at radius 3 is 1.52 bits per heavy atom. The molecule has 0 N–H and O–H groups in total. The minimum absolute atomic E-state index is 0.101. The lowest BCUT2D eigenvalue weighted by Gasteiger charge is -2.25. The second-order valence-electron chi connectivity index (χ2n) is 10.7. The standard InChI is InChI=1S/C34H10BF15/c36-11-7-14(25(41)20(40)10-11)13-3-1-2-4-16(13)35(17-5-6-18(38)21-15(17)8-12(37)9-19(21)39)24-22(26(42)30(46)33(49)29(24)45)23-27(43)31(47)34(50)32(48)28(23)44/h1-10H. The van der Waals surface area contributed by atoms with Gasteiger partial charge in [0.2, 0.25) is 12.5 Å². The van der Waals surface area contributed by atoms with Gasteiger partial charge in [-0.05, 0) is 34.6 Å². The second kappa shape index (κ2) is 12.5. The maximum absolute atomic E-state index is 16.2. The SMILES string of the molecule is Fc1cc(F)c(F)c(-c2ccccc2B(c2c(F)c(F)c(F)c(F)c2-c2c(F)c(F)c(F)c(F)c2F)c2ccc(F)c3c(F)cc(F)cc23)c1. The highest BCUT2D eigenvalue weighted by atomic mass is 19.2. The molecular weight excluding hydrogens is 704 g/mol. The summed E-state index contributed by atoms with van der Waals surface area (Å²) in [6, 6.07) is 5.92. The molecule has 0 unspecified atom stereocenters. The summed E-state index contributed by atoms with van der Waals surface area (Å²) < 4.78 is 224. The van der Waals surface area contributed by atoms with Crippen molar-refractivity contribution in [2.24, 2.45) is 0 Å². The van der Waals surface area contributed by atoms with Gasteiger partial charge in [0.25, 0.3) is 0 Å². The Labute approximate surface area is 270 Å². The summed E-state index contributed by atoms with van der Waals surface area (Å²) in [5, 5.41) is -1.99. The van der Waals surface area contributed by atoms with Gasteiger partial charge in [-0.3, -0.25) is 0 Å². The molecule has 0 bridgehead atoms. The Kier molecular flexibility index (Phi) is 8.60. The first-order valence-electron chi connectivity index (χ1n) is 13.7. The molecule has 0 aromatic heterocycles. The van der Waals surface area contributed by atoms with E-state index in [0.29, 0.717) is 24.3 Å². The number of rotatable bonds is 5. The maximum Gasteiger partial charge on any atom is 0.247 e. The molecule has 0 nitrogen and oxygen atoms in total. The molecule has 0 saturated carbocycles. The van der Waals surface area contributed by atoms with Crippen molar-refractivity contribution in [3.8, 4) is 22.3 Å². The van der Waals surface area contributed by atoms with Crippen LogP contribution in [0, 0.1) is 87.3 Å². The van der Waals surface area contributed by atoms with Crippen LogP contribution in [0.3, 0.4) is 0 Å². The zero-order chi connectivity index (χ0) is 36.5. The topological polar surface area (TPSA) is 0 Å². The maximum atomic E-state index is 16.2. The molecule has 254 valence electrons. The third-order valence-electron chi connectivity index (χ3n) is 7.93. The van der Waals surface area contributed by atoms with Crippen LogP contribution in [0.15, 0.2) is 60.7 Å². The fourth-order valence-corrected chi connectivity index (χ4v) is 5.84. The first kappa shape index (κ1) is 34.5. The number of hydrogen-bond acceptors (Lipinski definition) is 0. The van der Waals surface area contributed by atoms with E-state index in [-0.39, 0.29) is 12.1 Å². The summed E-state index contributed by atoms with van der Waals surface area (Å²) >= 11 is 0. The molecule has 0 amide bonds. The molecule has 6 aromatic carbocycles. The van der Waals surface area contributed by atoms with Gasteiger partial charge in [-0.2, -0.15) is 0 Å². The van der Waals surface area contributed by atoms with Crippen LogP contribution in [0.5, 0.6) is 0 Å². The third-order valence-corrected chi connectivity index (χ3v) is 7.93. The molecule has 0 radical (unpaired) electrons. The number of fused-ring (bicyclic) bond motifs is 1. The third kappa shape index (κ3) is 5.24. The lowest BCUT2D eigenvalue weighted by atomic mass is 9.34. The van der Waals surface area contributed by atoms with E-state index >= 15 is 30.7 Å². The van der Waals surface area contributed by atoms with Gasteiger partial charge in [-0.1, -0.05) is 41.3 Å². The van der Waals surface area contributed by atoms with E-state index in [1.807, 2.05) is 0 Å². The van der Waals surface area contributed by atoms with Gasteiger partial charge in [0.1, 0.15) is 23.3 Å². The zero-order valence-corrected chi connectivity index (χ0v) is 24.0.